The van der Waals surface area contributed by atoms with Crippen LogP contribution >= 0.6 is 15.6 Å². The van der Waals surface area contributed by atoms with E-state index >= 15 is 0 Å². The molecule has 0 saturated carbocycles. The summed E-state index contributed by atoms with van der Waals surface area (Å²) < 4.78 is 17.1. The molecule has 0 rings (SSSR count). The Balaban J connectivity index is -0.0000000267. The first-order valence-electron chi connectivity index (χ1n) is 1.46. The Morgan fingerprint density at radius 3 is 0.538 bits per heavy atom. The molecule has 70 valence electrons. The molecule has 0 fully saturated rings. The van der Waals surface area contributed by atoms with Crippen molar-refractivity contribution in [3.05, 3.63) is 0 Å². The van der Waals surface area contributed by atoms with E-state index in [9.17, 15) is 0 Å². The zero-order valence-corrected chi connectivity index (χ0v) is 12.1. The second kappa shape index (κ2) is 12.4. The SMILES string of the molecule is O=P([O-])([O-])[O-].O=P([O-])([O-])[O-].[Ti+2].[Ti+2].[Ti+2]. The molecule has 8 nitrogen and oxygen atoms in total. The standard InChI is InChI=1S/2H3O4P.3Ti/c2*1-5(2,3)4;;;/h2*(H3,1,2,3,4);;;/q;;3*+2/p-6. The number of rotatable bonds is 0. The molecular weight excluding hydrogens is 334 g/mol. The Morgan fingerprint density at radius 1 is 0.538 bits per heavy atom. The molecule has 0 radical (unpaired) electrons. The zero-order chi connectivity index (χ0) is 9.00. The summed E-state index contributed by atoms with van der Waals surface area (Å²) in [5.74, 6) is 0. The predicted octanol–water partition coefficient (Wildman–Crippen LogP) is -5.66. The third-order valence-corrected chi connectivity index (χ3v) is 0. The van der Waals surface area contributed by atoms with Gasteiger partial charge in [-0.2, -0.15) is 15.6 Å². The summed E-state index contributed by atoms with van der Waals surface area (Å²) in [4.78, 5) is 51.3. The van der Waals surface area contributed by atoms with Gasteiger partial charge in [-0.25, -0.2) is 0 Å². The van der Waals surface area contributed by atoms with Gasteiger partial charge in [-0.1, -0.05) is 0 Å². The van der Waals surface area contributed by atoms with E-state index in [1.165, 1.54) is 0 Å². The smallest absolute Gasteiger partial charge is 0.822 e. The third kappa shape index (κ3) is 393. The van der Waals surface area contributed by atoms with Crippen LogP contribution in [0.2, 0.25) is 0 Å². The molecule has 0 aliphatic rings. The van der Waals surface area contributed by atoms with Crippen LogP contribution in [0.25, 0.3) is 0 Å². The van der Waals surface area contributed by atoms with Gasteiger partial charge in [-0.05, 0) is 0 Å². The number of hydrogen-bond donors (Lipinski definition) is 0. The molecule has 0 aromatic carbocycles. The van der Waals surface area contributed by atoms with Gasteiger partial charge in [0.05, 0.1) is 0 Å². The van der Waals surface area contributed by atoms with Crippen LogP contribution < -0.4 is 29.4 Å². The van der Waals surface area contributed by atoms with Crippen molar-refractivity contribution in [3.63, 3.8) is 0 Å². The van der Waals surface area contributed by atoms with E-state index in [1.54, 1.807) is 0 Å². The van der Waals surface area contributed by atoms with Crippen LogP contribution in [0.1, 0.15) is 0 Å². The first-order chi connectivity index (χ1) is 4.00. The summed E-state index contributed by atoms with van der Waals surface area (Å²) in [5.41, 5.74) is 0. The van der Waals surface area contributed by atoms with Crippen LogP contribution in [0.15, 0.2) is 0 Å². The van der Waals surface area contributed by atoms with Crippen molar-refractivity contribution < 1.29 is 104 Å². The monoisotopic (exact) mass is 334 g/mol. The fourth-order valence-corrected chi connectivity index (χ4v) is 0. The van der Waals surface area contributed by atoms with Crippen molar-refractivity contribution in [3.8, 4) is 0 Å². The van der Waals surface area contributed by atoms with Crippen molar-refractivity contribution in [2.75, 3.05) is 0 Å². The molecule has 0 aliphatic carbocycles. The second-order valence-electron chi connectivity index (χ2n) is 0.894. The van der Waals surface area contributed by atoms with Gasteiger partial charge in [0.1, 0.15) is 0 Å². The van der Waals surface area contributed by atoms with Crippen molar-refractivity contribution in [2.45, 2.75) is 0 Å². The van der Waals surface area contributed by atoms with E-state index in [4.69, 9.17) is 38.5 Å². The van der Waals surface area contributed by atoms with E-state index in [1.807, 2.05) is 0 Å². The Kier molecular flexibility index (Phi) is 28.2. The minimum Gasteiger partial charge on any atom is -0.822 e. The van der Waals surface area contributed by atoms with E-state index in [-0.39, 0.29) is 65.2 Å². The van der Waals surface area contributed by atoms with E-state index in [2.05, 4.69) is 0 Å². The Hall–Kier alpha value is 2.36. The molecule has 0 aliphatic heterocycles. The fourth-order valence-electron chi connectivity index (χ4n) is 0. The summed E-state index contributed by atoms with van der Waals surface area (Å²) in [5, 5.41) is 0. The van der Waals surface area contributed by atoms with E-state index in [0.29, 0.717) is 0 Å². The van der Waals surface area contributed by atoms with Gasteiger partial charge in [0.25, 0.3) is 0 Å². The Labute approximate surface area is 118 Å². The molecule has 0 spiro atoms. The molecule has 0 amide bonds. The van der Waals surface area contributed by atoms with Gasteiger partial charge in [-0.3, -0.25) is 0 Å². The van der Waals surface area contributed by atoms with Crippen LogP contribution in [-0.4, -0.2) is 0 Å². The molecule has 13 heavy (non-hydrogen) atoms. The van der Waals surface area contributed by atoms with Crippen LogP contribution in [0, 0.1) is 0 Å². The van der Waals surface area contributed by atoms with Gasteiger partial charge in [-0.15, -0.1) is 0 Å². The van der Waals surface area contributed by atoms with Gasteiger partial charge in [0.2, 0.25) is 0 Å². The van der Waals surface area contributed by atoms with Gasteiger partial charge >= 0.3 is 65.2 Å². The molecule has 0 unspecified atom stereocenters. The average molecular weight is 334 g/mol. The average Bonchev–Trinajstić information content (AvgIpc) is 1.12. The zero-order valence-electron chi connectivity index (χ0n) is 5.66. The third-order valence-electron chi connectivity index (χ3n) is 0. The first-order valence-corrected chi connectivity index (χ1v) is 4.38. The number of phosphoric acid groups is 2. The van der Waals surface area contributed by atoms with E-state index in [0.717, 1.165) is 0 Å². The molecular formula is O8P2Ti3. The second-order valence-corrected chi connectivity index (χ2v) is 2.68. The van der Waals surface area contributed by atoms with Gasteiger partial charge in [0, 0.05) is 0 Å². The fraction of sp³-hybridized carbons (Fsp3) is 0. The first kappa shape index (κ1) is 29.5. The molecule has 0 aromatic heterocycles. The molecule has 0 aromatic rings. The summed E-state index contributed by atoms with van der Waals surface area (Å²) in [6.07, 6.45) is 0. The summed E-state index contributed by atoms with van der Waals surface area (Å²) >= 11 is 0. The summed E-state index contributed by atoms with van der Waals surface area (Å²) in [6, 6.07) is 0. The number of hydrogen-bond acceptors (Lipinski definition) is 8. The van der Waals surface area contributed by atoms with E-state index < -0.39 is 15.6 Å². The molecule has 0 bridgehead atoms. The largest absolute Gasteiger partial charge is 2.00 e. The molecule has 0 saturated heterocycles. The molecule has 0 heterocycles. The minimum atomic E-state index is -5.39. The maximum Gasteiger partial charge on any atom is 2.00 e. The van der Waals surface area contributed by atoms with Crippen LogP contribution in [0.5, 0.6) is 0 Å². The molecule has 13 heteroatoms. The van der Waals surface area contributed by atoms with Gasteiger partial charge < -0.3 is 38.5 Å². The summed E-state index contributed by atoms with van der Waals surface area (Å²) in [6.45, 7) is 0. The van der Waals surface area contributed by atoms with Gasteiger partial charge in [0.15, 0.2) is 0 Å². The quantitative estimate of drug-likeness (QED) is 0.311. The van der Waals surface area contributed by atoms with Crippen molar-refractivity contribution in [2.24, 2.45) is 0 Å². The Morgan fingerprint density at radius 2 is 0.538 bits per heavy atom. The predicted molar refractivity (Wildman–Crippen MR) is 15.2 cm³/mol. The van der Waals surface area contributed by atoms with Crippen LogP contribution in [0.3, 0.4) is 0 Å². The maximum atomic E-state index is 8.55. The van der Waals surface area contributed by atoms with Crippen LogP contribution in [-0.2, 0) is 74.3 Å². The summed E-state index contributed by atoms with van der Waals surface area (Å²) in [7, 11) is -10.8. The topological polar surface area (TPSA) is 172 Å². The van der Waals surface area contributed by atoms with Crippen LogP contribution in [0.4, 0.5) is 0 Å². The van der Waals surface area contributed by atoms with Crippen molar-refractivity contribution in [1.29, 1.82) is 0 Å². The van der Waals surface area contributed by atoms with Crippen molar-refractivity contribution in [1.82, 2.24) is 0 Å². The Bertz CT molecular complexity index is 130. The minimum absolute atomic E-state index is 0. The molecule has 0 N–H and O–H groups in total. The van der Waals surface area contributed by atoms with Crippen molar-refractivity contribution >= 4 is 15.6 Å². The normalized spacial score (nSPS) is 9.08. The maximum absolute atomic E-state index is 8.55. The molecule has 0 atom stereocenters.